The van der Waals surface area contributed by atoms with Crippen LogP contribution in [0.3, 0.4) is 0 Å². The van der Waals surface area contributed by atoms with E-state index in [0.29, 0.717) is 6.61 Å². The Morgan fingerprint density at radius 1 is 0.585 bits per heavy atom. The number of unbranched alkanes of at least 4 members (excludes halogenated alkanes) is 1. The van der Waals surface area contributed by atoms with Crippen molar-refractivity contribution in [1.82, 2.24) is 0 Å². The monoisotopic (exact) mass is 564 g/mol. The SMILES string of the molecule is CC/C=C\C/C=C\C/C=C\C/C=C\C/C=C\CC(=O)OC(CO)COCCC/C=C\C/C=C\C/C=C\C/C=C\CC. The van der Waals surface area contributed by atoms with E-state index in [2.05, 4.69) is 111 Å². The summed E-state index contributed by atoms with van der Waals surface area (Å²) in [5.74, 6) is -0.353. The fraction of sp³-hybridized carbons (Fsp3) is 0.486. The fourth-order valence-corrected chi connectivity index (χ4v) is 3.40. The summed E-state index contributed by atoms with van der Waals surface area (Å²) in [7, 11) is 0. The second-order valence-electron chi connectivity index (χ2n) is 9.42. The predicted octanol–water partition coefficient (Wildman–Crippen LogP) is 9.63. The number of aliphatic hydroxyl groups is 1. The molecule has 0 amide bonds. The van der Waals surface area contributed by atoms with Gasteiger partial charge >= 0.3 is 5.97 Å². The summed E-state index contributed by atoms with van der Waals surface area (Å²) in [6.45, 7) is 4.82. The maximum atomic E-state index is 12.0. The topological polar surface area (TPSA) is 55.8 Å². The van der Waals surface area contributed by atoms with Crippen molar-refractivity contribution >= 4 is 5.97 Å². The van der Waals surface area contributed by atoms with Crippen LogP contribution in [0.25, 0.3) is 0 Å². The molecule has 0 bridgehead atoms. The Morgan fingerprint density at radius 3 is 1.39 bits per heavy atom. The van der Waals surface area contributed by atoms with E-state index in [-0.39, 0.29) is 25.6 Å². The van der Waals surface area contributed by atoms with Gasteiger partial charge in [-0.2, -0.15) is 0 Å². The minimum absolute atomic E-state index is 0.190. The quantitative estimate of drug-likeness (QED) is 0.0645. The third-order valence-electron chi connectivity index (χ3n) is 5.63. The Balaban J connectivity index is 3.78. The standard InChI is InChI=1S/C37H56O4/c1-3-5-7-9-11-13-15-17-19-20-22-24-26-28-30-32-37(39)41-36(34-38)35-40-33-31-29-27-25-23-21-18-16-14-12-10-8-6-4-2/h5-8,11-14,17-19,21-22,24-25,27-28,30,36,38H,3-4,9-10,15-16,20,23,26,29,31-35H2,1-2H3/b7-5-,8-6-,13-11-,14-12-,19-17-,21-18-,24-22-,27-25-,30-28-. The van der Waals surface area contributed by atoms with Crippen LogP contribution in [0.15, 0.2) is 109 Å². The van der Waals surface area contributed by atoms with Gasteiger partial charge in [0.05, 0.1) is 19.6 Å². The first-order valence-corrected chi connectivity index (χ1v) is 15.5. The number of allylic oxidation sites excluding steroid dienone is 17. The molecule has 0 radical (unpaired) electrons. The molecule has 1 N–H and O–H groups in total. The van der Waals surface area contributed by atoms with Gasteiger partial charge in [0.2, 0.25) is 0 Å². The minimum atomic E-state index is -0.623. The Kier molecular flexibility index (Phi) is 30.9. The number of aliphatic hydroxyl groups excluding tert-OH is 1. The van der Waals surface area contributed by atoms with E-state index in [1.165, 1.54) is 0 Å². The van der Waals surface area contributed by atoms with Crippen molar-refractivity contribution in [3.8, 4) is 0 Å². The van der Waals surface area contributed by atoms with E-state index in [9.17, 15) is 9.90 Å². The molecule has 4 heteroatoms. The molecule has 0 aliphatic heterocycles. The highest BCUT2D eigenvalue weighted by molar-refractivity contribution is 5.71. The lowest BCUT2D eigenvalue weighted by molar-refractivity contribution is -0.153. The van der Waals surface area contributed by atoms with E-state index < -0.39 is 6.10 Å². The van der Waals surface area contributed by atoms with Crippen molar-refractivity contribution in [2.75, 3.05) is 19.8 Å². The molecule has 0 heterocycles. The maximum absolute atomic E-state index is 12.0. The van der Waals surface area contributed by atoms with E-state index in [4.69, 9.17) is 9.47 Å². The van der Waals surface area contributed by atoms with Crippen molar-refractivity contribution in [1.29, 1.82) is 0 Å². The van der Waals surface area contributed by atoms with Crippen LogP contribution in [0.5, 0.6) is 0 Å². The van der Waals surface area contributed by atoms with Gasteiger partial charge < -0.3 is 14.6 Å². The van der Waals surface area contributed by atoms with Gasteiger partial charge in [-0.05, 0) is 70.6 Å². The third kappa shape index (κ3) is 31.4. The minimum Gasteiger partial charge on any atom is -0.457 e. The average Bonchev–Trinajstić information content (AvgIpc) is 2.98. The molecule has 41 heavy (non-hydrogen) atoms. The average molecular weight is 565 g/mol. The fourth-order valence-electron chi connectivity index (χ4n) is 3.40. The highest BCUT2D eigenvalue weighted by atomic mass is 16.6. The predicted molar refractivity (Wildman–Crippen MR) is 177 cm³/mol. The van der Waals surface area contributed by atoms with Crippen LogP contribution in [-0.4, -0.2) is 37.0 Å². The van der Waals surface area contributed by atoms with Crippen LogP contribution < -0.4 is 0 Å². The van der Waals surface area contributed by atoms with E-state index in [0.717, 1.165) is 70.6 Å². The number of hydrogen-bond acceptors (Lipinski definition) is 4. The Morgan fingerprint density at radius 2 is 0.976 bits per heavy atom. The molecule has 1 unspecified atom stereocenters. The Hall–Kier alpha value is -2.95. The van der Waals surface area contributed by atoms with E-state index in [1.54, 1.807) is 6.08 Å². The van der Waals surface area contributed by atoms with Crippen molar-refractivity contribution < 1.29 is 19.4 Å². The zero-order valence-corrected chi connectivity index (χ0v) is 25.7. The molecule has 0 aromatic carbocycles. The summed E-state index contributed by atoms with van der Waals surface area (Å²) in [6.07, 6.45) is 48.6. The highest BCUT2D eigenvalue weighted by Crippen LogP contribution is 2.02. The third-order valence-corrected chi connectivity index (χ3v) is 5.63. The molecule has 4 nitrogen and oxygen atoms in total. The van der Waals surface area contributed by atoms with Crippen LogP contribution in [0, 0.1) is 0 Å². The molecule has 0 aromatic heterocycles. The lowest BCUT2D eigenvalue weighted by Crippen LogP contribution is -2.27. The van der Waals surface area contributed by atoms with Gasteiger partial charge in [-0.3, -0.25) is 4.79 Å². The number of carbonyl (C=O) groups excluding carboxylic acids is 1. The van der Waals surface area contributed by atoms with Crippen molar-refractivity contribution in [3.63, 3.8) is 0 Å². The Bertz CT molecular complexity index is 852. The molecule has 0 saturated heterocycles. The molecule has 228 valence electrons. The molecule has 0 rings (SSSR count). The largest absolute Gasteiger partial charge is 0.457 e. The first kappa shape index (κ1) is 38.1. The molecule has 0 fully saturated rings. The van der Waals surface area contributed by atoms with Gasteiger partial charge in [0, 0.05) is 6.61 Å². The molecular weight excluding hydrogens is 508 g/mol. The molecular formula is C37H56O4. The second-order valence-corrected chi connectivity index (χ2v) is 9.42. The van der Waals surface area contributed by atoms with Crippen LogP contribution in [0.4, 0.5) is 0 Å². The zero-order chi connectivity index (χ0) is 29.9. The van der Waals surface area contributed by atoms with Gasteiger partial charge in [-0.15, -0.1) is 0 Å². The molecule has 1 atom stereocenters. The van der Waals surface area contributed by atoms with Crippen LogP contribution >= 0.6 is 0 Å². The highest BCUT2D eigenvalue weighted by Gasteiger charge is 2.12. The summed E-state index contributed by atoms with van der Waals surface area (Å²) in [5.41, 5.74) is 0. The van der Waals surface area contributed by atoms with Gasteiger partial charge in [-0.1, -0.05) is 123 Å². The first-order valence-electron chi connectivity index (χ1n) is 15.5. The molecule has 0 spiro atoms. The van der Waals surface area contributed by atoms with Crippen LogP contribution in [0.1, 0.15) is 90.9 Å². The molecule has 0 aliphatic rings. The normalized spacial score (nSPS) is 13.9. The smallest absolute Gasteiger partial charge is 0.310 e. The summed E-state index contributed by atoms with van der Waals surface area (Å²) in [6, 6.07) is 0. The van der Waals surface area contributed by atoms with E-state index >= 15 is 0 Å². The number of ether oxygens (including phenoxy) is 2. The first-order chi connectivity index (χ1) is 20.2. The number of esters is 1. The lowest BCUT2D eigenvalue weighted by atomic mass is 10.2. The summed E-state index contributed by atoms with van der Waals surface area (Å²) in [5, 5.41) is 9.48. The number of carbonyl (C=O) groups is 1. The Labute approximate surface area is 251 Å². The van der Waals surface area contributed by atoms with Crippen LogP contribution in [-0.2, 0) is 14.3 Å². The van der Waals surface area contributed by atoms with Gasteiger partial charge in [0.1, 0.15) is 6.10 Å². The molecule has 0 saturated carbocycles. The van der Waals surface area contributed by atoms with Crippen molar-refractivity contribution in [2.24, 2.45) is 0 Å². The van der Waals surface area contributed by atoms with Crippen molar-refractivity contribution in [3.05, 3.63) is 109 Å². The molecule has 0 aromatic rings. The lowest BCUT2D eigenvalue weighted by Gasteiger charge is -2.15. The van der Waals surface area contributed by atoms with E-state index in [1.807, 2.05) is 6.08 Å². The van der Waals surface area contributed by atoms with Crippen LogP contribution in [0.2, 0.25) is 0 Å². The van der Waals surface area contributed by atoms with Gasteiger partial charge in [-0.25, -0.2) is 0 Å². The second kappa shape index (κ2) is 33.3. The number of rotatable bonds is 26. The summed E-state index contributed by atoms with van der Waals surface area (Å²) < 4.78 is 10.9. The van der Waals surface area contributed by atoms with Gasteiger partial charge in [0.25, 0.3) is 0 Å². The summed E-state index contributed by atoms with van der Waals surface area (Å²) in [4.78, 5) is 12.0. The maximum Gasteiger partial charge on any atom is 0.310 e. The van der Waals surface area contributed by atoms with Gasteiger partial charge in [0.15, 0.2) is 0 Å². The summed E-state index contributed by atoms with van der Waals surface area (Å²) >= 11 is 0. The van der Waals surface area contributed by atoms with Crippen molar-refractivity contribution in [2.45, 2.75) is 97.0 Å². The number of hydrogen-bond donors (Lipinski definition) is 1. The molecule has 0 aliphatic carbocycles. The zero-order valence-electron chi connectivity index (χ0n) is 25.7.